The van der Waals surface area contributed by atoms with Crippen LogP contribution in [0.4, 0.5) is 11.5 Å². The van der Waals surface area contributed by atoms with Crippen LogP contribution in [0.3, 0.4) is 0 Å². The van der Waals surface area contributed by atoms with Gasteiger partial charge >= 0.3 is 0 Å². The van der Waals surface area contributed by atoms with E-state index in [0.29, 0.717) is 0 Å². The third-order valence-corrected chi connectivity index (χ3v) is 2.27. The van der Waals surface area contributed by atoms with Gasteiger partial charge in [0, 0.05) is 32.4 Å². The number of nitrogens with zero attached hydrogens (tertiary/aromatic N) is 2. The fourth-order valence-electron chi connectivity index (χ4n) is 1.48. The average molecular weight is 217 g/mol. The van der Waals surface area contributed by atoms with E-state index in [2.05, 4.69) is 10.3 Å². The molecule has 16 heavy (non-hydrogen) atoms. The van der Waals surface area contributed by atoms with Gasteiger partial charge in [0.15, 0.2) is 5.82 Å². The first-order valence-electron chi connectivity index (χ1n) is 5.14. The molecule has 2 heterocycles. The Balaban J connectivity index is 2.09. The van der Waals surface area contributed by atoms with E-state index in [0.717, 1.165) is 23.6 Å². The third-order valence-electron chi connectivity index (χ3n) is 2.27. The maximum atomic E-state index is 5.01. The zero-order chi connectivity index (χ0) is 11.4. The Morgan fingerprint density at radius 3 is 2.94 bits per heavy atom. The fourth-order valence-corrected chi connectivity index (χ4v) is 1.48. The molecular weight excluding hydrogens is 202 g/mol. The highest BCUT2D eigenvalue weighted by atomic mass is 16.3. The van der Waals surface area contributed by atoms with Gasteiger partial charge in [-0.05, 0) is 18.2 Å². The SMILES string of the molecule is CN(C)c1ncccc1NCc1ccoc1. The van der Waals surface area contributed by atoms with Crippen LogP contribution >= 0.6 is 0 Å². The van der Waals surface area contributed by atoms with E-state index in [4.69, 9.17) is 4.42 Å². The standard InChI is InChI=1S/C12H15N3O/c1-15(2)12-11(4-3-6-13-12)14-8-10-5-7-16-9-10/h3-7,9,14H,8H2,1-2H3. The zero-order valence-electron chi connectivity index (χ0n) is 9.47. The Bertz CT molecular complexity index is 437. The third kappa shape index (κ3) is 2.34. The summed E-state index contributed by atoms with van der Waals surface area (Å²) in [5, 5.41) is 3.33. The Labute approximate surface area is 94.9 Å². The molecule has 2 aromatic rings. The van der Waals surface area contributed by atoms with Gasteiger partial charge in [-0.15, -0.1) is 0 Å². The second kappa shape index (κ2) is 4.70. The van der Waals surface area contributed by atoms with Gasteiger partial charge < -0.3 is 14.6 Å². The minimum atomic E-state index is 0.739. The van der Waals surface area contributed by atoms with Crippen molar-refractivity contribution in [3.8, 4) is 0 Å². The Hall–Kier alpha value is -1.97. The van der Waals surface area contributed by atoms with Gasteiger partial charge in [-0.3, -0.25) is 0 Å². The highest BCUT2D eigenvalue weighted by Gasteiger charge is 2.04. The van der Waals surface area contributed by atoms with Gasteiger partial charge in [0.2, 0.25) is 0 Å². The molecule has 0 aliphatic heterocycles. The molecule has 2 aromatic heterocycles. The van der Waals surface area contributed by atoms with E-state index < -0.39 is 0 Å². The van der Waals surface area contributed by atoms with Crippen LogP contribution in [0.15, 0.2) is 41.3 Å². The van der Waals surface area contributed by atoms with Gasteiger partial charge in [-0.1, -0.05) is 0 Å². The minimum absolute atomic E-state index is 0.739. The number of aromatic nitrogens is 1. The minimum Gasteiger partial charge on any atom is -0.472 e. The summed E-state index contributed by atoms with van der Waals surface area (Å²) in [5.74, 6) is 0.936. The molecule has 0 aliphatic carbocycles. The van der Waals surface area contributed by atoms with Crippen LogP contribution in [-0.4, -0.2) is 19.1 Å². The second-order valence-corrected chi connectivity index (χ2v) is 3.75. The molecule has 0 amide bonds. The molecule has 0 bridgehead atoms. The zero-order valence-corrected chi connectivity index (χ0v) is 9.47. The summed E-state index contributed by atoms with van der Waals surface area (Å²) in [6.45, 7) is 0.739. The molecule has 0 saturated carbocycles. The predicted molar refractivity (Wildman–Crippen MR) is 64.6 cm³/mol. The molecule has 84 valence electrons. The summed E-state index contributed by atoms with van der Waals surface area (Å²) >= 11 is 0. The van der Waals surface area contributed by atoms with E-state index >= 15 is 0 Å². The molecule has 0 radical (unpaired) electrons. The molecule has 4 nitrogen and oxygen atoms in total. The second-order valence-electron chi connectivity index (χ2n) is 3.75. The van der Waals surface area contributed by atoms with Crippen molar-refractivity contribution in [1.82, 2.24) is 4.98 Å². The fraction of sp³-hybridized carbons (Fsp3) is 0.250. The van der Waals surface area contributed by atoms with Crippen LogP contribution in [0.1, 0.15) is 5.56 Å². The van der Waals surface area contributed by atoms with Crippen LogP contribution in [0.25, 0.3) is 0 Å². The normalized spacial score (nSPS) is 10.1. The summed E-state index contributed by atoms with van der Waals surface area (Å²) in [6, 6.07) is 5.88. The number of furan rings is 1. The molecular formula is C12H15N3O. The largest absolute Gasteiger partial charge is 0.472 e. The maximum absolute atomic E-state index is 5.01. The first kappa shape index (κ1) is 10.5. The first-order valence-corrected chi connectivity index (χ1v) is 5.14. The lowest BCUT2D eigenvalue weighted by atomic mass is 10.3. The van der Waals surface area contributed by atoms with Crippen LogP contribution in [0.5, 0.6) is 0 Å². The Morgan fingerprint density at radius 1 is 1.38 bits per heavy atom. The van der Waals surface area contributed by atoms with Gasteiger partial charge in [0.1, 0.15) is 0 Å². The molecule has 2 rings (SSSR count). The number of hydrogen-bond acceptors (Lipinski definition) is 4. The van der Waals surface area contributed by atoms with Crippen LogP contribution < -0.4 is 10.2 Å². The van der Waals surface area contributed by atoms with Crippen LogP contribution in [0, 0.1) is 0 Å². The van der Waals surface area contributed by atoms with E-state index in [1.165, 1.54) is 0 Å². The number of rotatable bonds is 4. The number of nitrogens with one attached hydrogen (secondary N) is 1. The van der Waals surface area contributed by atoms with Gasteiger partial charge in [-0.2, -0.15) is 0 Å². The Kier molecular flexibility index (Phi) is 3.10. The Morgan fingerprint density at radius 2 is 2.25 bits per heavy atom. The number of hydrogen-bond donors (Lipinski definition) is 1. The lowest BCUT2D eigenvalue weighted by Crippen LogP contribution is -2.13. The highest BCUT2D eigenvalue weighted by Crippen LogP contribution is 2.20. The van der Waals surface area contributed by atoms with Gasteiger partial charge in [0.25, 0.3) is 0 Å². The van der Waals surface area contributed by atoms with E-state index in [9.17, 15) is 0 Å². The predicted octanol–water partition coefficient (Wildman–Crippen LogP) is 2.35. The first-order chi connectivity index (χ1) is 7.77. The van der Waals surface area contributed by atoms with Gasteiger partial charge in [0.05, 0.1) is 18.2 Å². The number of anilines is 2. The van der Waals surface area contributed by atoms with Crippen molar-refractivity contribution in [2.45, 2.75) is 6.54 Å². The van der Waals surface area contributed by atoms with Crippen LogP contribution in [-0.2, 0) is 6.54 Å². The number of pyridine rings is 1. The summed E-state index contributed by atoms with van der Waals surface area (Å²) < 4.78 is 5.01. The molecule has 0 spiro atoms. The summed E-state index contributed by atoms with van der Waals surface area (Å²) in [5.41, 5.74) is 2.14. The van der Waals surface area contributed by atoms with Crippen LogP contribution in [0.2, 0.25) is 0 Å². The maximum Gasteiger partial charge on any atom is 0.151 e. The van der Waals surface area contributed by atoms with E-state index in [1.807, 2.05) is 37.2 Å². The monoisotopic (exact) mass is 217 g/mol. The van der Waals surface area contributed by atoms with Gasteiger partial charge in [-0.25, -0.2) is 4.98 Å². The highest BCUT2D eigenvalue weighted by molar-refractivity contribution is 5.64. The topological polar surface area (TPSA) is 41.3 Å². The van der Waals surface area contributed by atoms with Crippen molar-refractivity contribution in [3.05, 3.63) is 42.5 Å². The lowest BCUT2D eigenvalue weighted by molar-refractivity contribution is 0.564. The molecule has 0 aliphatic rings. The van der Waals surface area contributed by atoms with Crippen molar-refractivity contribution in [2.75, 3.05) is 24.3 Å². The molecule has 1 N–H and O–H groups in total. The van der Waals surface area contributed by atoms with E-state index in [-0.39, 0.29) is 0 Å². The van der Waals surface area contributed by atoms with Crippen molar-refractivity contribution in [1.29, 1.82) is 0 Å². The molecule has 0 atom stereocenters. The molecule has 4 heteroatoms. The smallest absolute Gasteiger partial charge is 0.151 e. The average Bonchev–Trinajstić information content (AvgIpc) is 2.79. The van der Waals surface area contributed by atoms with Crippen molar-refractivity contribution in [2.24, 2.45) is 0 Å². The van der Waals surface area contributed by atoms with Crippen molar-refractivity contribution >= 4 is 11.5 Å². The van der Waals surface area contributed by atoms with Crippen molar-refractivity contribution < 1.29 is 4.42 Å². The molecule has 0 unspecified atom stereocenters. The summed E-state index contributed by atoms with van der Waals surface area (Å²) in [4.78, 5) is 6.30. The summed E-state index contributed by atoms with van der Waals surface area (Å²) in [6.07, 6.45) is 5.20. The lowest BCUT2D eigenvalue weighted by Gasteiger charge is -2.16. The summed E-state index contributed by atoms with van der Waals surface area (Å²) in [7, 11) is 3.96. The van der Waals surface area contributed by atoms with Crippen molar-refractivity contribution in [3.63, 3.8) is 0 Å². The quantitative estimate of drug-likeness (QED) is 0.853. The van der Waals surface area contributed by atoms with E-state index in [1.54, 1.807) is 18.7 Å². The molecule has 0 fully saturated rings. The molecule has 0 saturated heterocycles. The molecule has 0 aromatic carbocycles.